The van der Waals surface area contributed by atoms with Crippen LogP contribution in [0.5, 0.6) is 0 Å². The minimum atomic E-state index is -0.931. The summed E-state index contributed by atoms with van der Waals surface area (Å²) in [4.78, 5) is 28.1. The normalized spacial score (nSPS) is 12.7. The zero-order valence-electron chi connectivity index (χ0n) is 22.6. The molecule has 0 bridgehead atoms. The van der Waals surface area contributed by atoms with Crippen molar-refractivity contribution in [3.05, 3.63) is 112 Å². The fourth-order valence-corrected chi connectivity index (χ4v) is 5.41. The number of carboxylic acids is 1. The molecule has 2 N–H and O–H groups in total. The molecule has 0 aliphatic rings. The van der Waals surface area contributed by atoms with Gasteiger partial charge in [-0.2, -0.15) is 0 Å². The minimum Gasteiger partial charge on any atom is -0.481 e. The molecule has 0 saturated carbocycles. The molecule has 0 aliphatic carbocycles. The Morgan fingerprint density at radius 3 is 2.24 bits per heavy atom. The highest BCUT2D eigenvalue weighted by Crippen LogP contribution is 2.44. The predicted octanol–water partition coefficient (Wildman–Crippen LogP) is 7.08. The average molecular weight is 509 g/mol. The van der Waals surface area contributed by atoms with E-state index in [9.17, 15) is 9.59 Å². The molecule has 3 aromatic carbocycles. The number of benzene rings is 3. The number of hydrogen-bond acceptors (Lipinski definition) is 3. The Morgan fingerprint density at radius 1 is 0.895 bits per heavy atom. The molecule has 0 unspecified atom stereocenters. The van der Waals surface area contributed by atoms with Gasteiger partial charge in [-0.3, -0.25) is 14.6 Å². The number of aromatic nitrogens is 1. The minimum absolute atomic E-state index is 0.0978. The van der Waals surface area contributed by atoms with Crippen LogP contribution in [-0.4, -0.2) is 28.5 Å². The zero-order chi connectivity index (χ0) is 27.2. The number of aryl methyl sites for hydroxylation is 3. The van der Waals surface area contributed by atoms with E-state index in [1.54, 1.807) is 0 Å². The van der Waals surface area contributed by atoms with Crippen LogP contribution in [0, 0.1) is 20.8 Å². The molecule has 1 heterocycles. The lowest BCUT2D eigenvalue weighted by molar-refractivity contribution is -0.136. The van der Waals surface area contributed by atoms with Gasteiger partial charge in [0, 0.05) is 29.6 Å². The Kier molecular flexibility index (Phi) is 8.57. The number of nitrogens with zero attached hydrogens (tertiary/aromatic N) is 1. The van der Waals surface area contributed by atoms with E-state index in [2.05, 4.69) is 75.5 Å². The summed E-state index contributed by atoms with van der Waals surface area (Å²) < 4.78 is 0. The topological polar surface area (TPSA) is 79.3 Å². The van der Waals surface area contributed by atoms with Gasteiger partial charge < -0.3 is 10.4 Å². The number of hydrogen-bond donors (Lipinski definition) is 2. The molecule has 0 aliphatic heterocycles. The van der Waals surface area contributed by atoms with Gasteiger partial charge in [0.25, 0.3) is 5.91 Å². The third kappa shape index (κ3) is 6.10. The lowest BCUT2D eigenvalue weighted by atomic mass is 9.74. The van der Waals surface area contributed by atoms with Crippen molar-refractivity contribution in [2.45, 2.75) is 58.8 Å². The molecule has 38 heavy (non-hydrogen) atoms. The maximum absolute atomic E-state index is 12.5. The van der Waals surface area contributed by atoms with E-state index in [0.717, 1.165) is 18.4 Å². The van der Waals surface area contributed by atoms with Crippen molar-refractivity contribution >= 4 is 22.8 Å². The first-order valence-electron chi connectivity index (χ1n) is 13.3. The lowest BCUT2D eigenvalue weighted by Crippen LogP contribution is -2.26. The Labute approximate surface area is 224 Å². The van der Waals surface area contributed by atoms with Gasteiger partial charge in [-0.15, -0.1) is 0 Å². The Morgan fingerprint density at radius 2 is 1.58 bits per heavy atom. The predicted molar refractivity (Wildman–Crippen MR) is 153 cm³/mol. The monoisotopic (exact) mass is 508 g/mol. The average Bonchev–Trinajstić information content (AvgIpc) is 2.89. The molecule has 5 nitrogen and oxygen atoms in total. The summed E-state index contributed by atoms with van der Waals surface area (Å²) in [6.45, 7) is 8.68. The summed E-state index contributed by atoms with van der Waals surface area (Å²) in [6.07, 6.45) is 3.83. The first-order valence-corrected chi connectivity index (χ1v) is 13.3. The smallest absolute Gasteiger partial charge is 0.305 e. The van der Waals surface area contributed by atoms with Crippen molar-refractivity contribution in [2.75, 3.05) is 6.54 Å². The second-order valence-electron chi connectivity index (χ2n) is 10.2. The summed E-state index contributed by atoms with van der Waals surface area (Å²) in [5, 5.41) is 12.7. The summed E-state index contributed by atoms with van der Waals surface area (Å²) in [7, 11) is 0. The molecule has 0 fully saturated rings. The number of aliphatic carboxylic acids is 1. The van der Waals surface area contributed by atoms with Gasteiger partial charge in [0.1, 0.15) is 0 Å². The largest absolute Gasteiger partial charge is 0.481 e. The van der Waals surface area contributed by atoms with Crippen molar-refractivity contribution in [3.8, 4) is 0 Å². The molecular formula is C33H36N2O3. The van der Waals surface area contributed by atoms with Gasteiger partial charge in [0.15, 0.2) is 0 Å². The molecule has 0 radical (unpaired) electrons. The molecule has 2 atom stereocenters. The molecule has 0 saturated heterocycles. The van der Waals surface area contributed by atoms with E-state index in [4.69, 9.17) is 10.1 Å². The van der Waals surface area contributed by atoms with Crippen LogP contribution in [0.15, 0.2) is 72.9 Å². The van der Waals surface area contributed by atoms with Crippen molar-refractivity contribution in [1.82, 2.24) is 10.3 Å². The quantitative estimate of drug-likeness (QED) is 0.240. The van der Waals surface area contributed by atoms with Crippen LogP contribution in [0.4, 0.5) is 0 Å². The standard InChI is InChI=1S/C33H36N2O3/c1-5-6-27(24-11-13-26(14-12-24)33(38)35-18-16-30(36)37)31(25-9-7-21(2)8-10-25)28-15-17-34-32-23(4)19-22(3)20-29(28)32/h7-15,17,19-20,27,31H,5-6,16,18H2,1-4H3,(H,35,38)(H,36,37)/t27-,31+/m1/s1. The number of fused-ring (bicyclic) bond motifs is 1. The number of amides is 1. The van der Waals surface area contributed by atoms with Gasteiger partial charge in [-0.25, -0.2) is 0 Å². The molecule has 0 spiro atoms. The maximum atomic E-state index is 12.5. The first-order chi connectivity index (χ1) is 18.3. The molecule has 4 aromatic rings. The SMILES string of the molecule is CCC[C@H](c1ccc(C(=O)NCCC(=O)O)cc1)[C@H](c1ccc(C)cc1)c1ccnc2c(C)cc(C)cc12. The van der Waals surface area contributed by atoms with Crippen molar-refractivity contribution in [3.63, 3.8) is 0 Å². The number of pyridine rings is 1. The maximum Gasteiger partial charge on any atom is 0.305 e. The van der Waals surface area contributed by atoms with Crippen molar-refractivity contribution < 1.29 is 14.7 Å². The zero-order valence-corrected chi connectivity index (χ0v) is 22.6. The second kappa shape index (κ2) is 12.0. The van der Waals surface area contributed by atoms with Gasteiger partial charge in [-0.05, 0) is 79.6 Å². The van der Waals surface area contributed by atoms with Crippen LogP contribution in [0.3, 0.4) is 0 Å². The van der Waals surface area contributed by atoms with E-state index in [0.29, 0.717) is 5.56 Å². The van der Waals surface area contributed by atoms with E-state index >= 15 is 0 Å². The van der Waals surface area contributed by atoms with Crippen LogP contribution in [0.25, 0.3) is 10.9 Å². The van der Waals surface area contributed by atoms with Crippen LogP contribution in [0.1, 0.15) is 81.8 Å². The van der Waals surface area contributed by atoms with Crippen LogP contribution >= 0.6 is 0 Å². The molecule has 1 amide bonds. The van der Waals surface area contributed by atoms with E-state index < -0.39 is 5.97 Å². The molecule has 196 valence electrons. The third-order valence-corrected chi connectivity index (χ3v) is 7.21. The van der Waals surface area contributed by atoms with Gasteiger partial charge in [0.2, 0.25) is 0 Å². The fraction of sp³-hybridized carbons (Fsp3) is 0.303. The van der Waals surface area contributed by atoms with Crippen molar-refractivity contribution in [2.24, 2.45) is 0 Å². The fourth-order valence-electron chi connectivity index (χ4n) is 5.41. The van der Waals surface area contributed by atoms with E-state index in [-0.39, 0.29) is 30.7 Å². The Hall–Kier alpha value is -3.99. The number of carboxylic acid groups (broad SMARTS) is 1. The van der Waals surface area contributed by atoms with E-state index in [1.165, 1.54) is 38.8 Å². The van der Waals surface area contributed by atoms with Gasteiger partial charge in [0.05, 0.1) is 11.9 Å². The number of carbonyl (C=O) groups excluding carboxylic acids is 1. The Bertz CT molecular complexity index is 1430. The summed E-state index contributed by atoms with van der Waals surface area (Å²) in [5.74, 6) is -0.888. The second-order valence-corrected chi connectivity index (χ2v) is 10.2. The lowest BCUT2D eigenvalue weighted by Gasteiger charge is -2.30. The molecular weight excluding hydrogens is 472 g/mol. The number of nitrogens with one attached hydrogen (secondary N) is 1. The summed E-state index contributed by atoms with van der Waals surface area (Å²) in [6, 6.07) is 23.2. The van der Waals surface area contributed by atoms with Crippen LogP contribution in [-0.2, 0) is 4.79 Å². The van der Waals surface area contributed by atoms with Crippen molar-refractivity contribution in [1.29, 1.82) is 0 Å². The highest BCUT2D eigenvalue weighted by atomic mass is 16.4. The summed E-state index contributed by atoms with van der Waals surface area (Å²) in [5.41, 5.74) is 8.89. The highest BCUT2D eigenvalue weighted by molar-refractivity contribution is 5.94. The molecule has 1 aromatic heterocycles. The number of carbonyl (C=O) groups is 2. The van der Waals surface area contributed by atoms with Gasteiger partial charge >= 0.3 is 5.97 Å². The first kappa shape index (κ1) is 27.1. The van der Waals surface area contributed by atoms with Crippen LogP contribution in [0.2, 0.25) is 0 Å². The Balaban J connectivity index is 1.79. The third-order valence-electron chi connectivity index (χ3n) is 7.21. The summed E-state index contributed by atoms with van der Waals surface area (Å²) >= 11 is 0. The highest BCUT2D eigenvalue weighted by Gasteiger charge is 2.28. The number of rotatable bonds is 10. The van der Waals surface area contributed by atoms with Crippen LogP contribution < -0.4 is 5.32 Å². The molecule has 4 rings (SSSR count). The van der Waals surface area contributed by atoms with Gasteiger partial charge in [-0.1, -0.05) is 66.9 Å². The van der Waals surface area contributed by atoms with E-state index in [1.807, 2.05) is 30.5 Å². The molecule has 5 heteroatoms.